The molecule has 1 saturated heterocycles. The maximum Gasteiger partial charge on any atom is 0.248 e. The molecule has 2 heterocycles. The average molecular weight is 678 g/mol. The van der Waals surface area contributed by atoms with Crippen LogP contribution in [0.3, 0.4) is 0 Å². The first-order chi connectivity index (χ1) is 21.4. The number of benzene rings is 2. The number of halogens is 2. The molecule has 2 aromatic carbocycles. The van der Waals surface area contributed by atoms with Gasteiger partial charge in [0.05, 0.1) is 22.0 Å². The normalized spacial score (nSPS) is 14.4. The van der Waals surface area contributed by atoms with Gasteiger partial charge < -0.3 is 23.8 Å². The number of ether oxygens (including phenoxy) is 4. The average Bonchev–Trinajstić information content (AvgIpc) is 3.03. The Balaban J connectivity index is 1.52. The molecule has 0 saturated carbocycles. The van der Waals surface area contributed by atoms with Crippen molar-refractivity contribution < 1.29 is 27.4 Å². The fourth-order valence-electron chi connectivity index (χ4n) is 5.42. The Morgan fingerprint density at radius 2 is 1.76 bits per heavy atom. The molecule has 3 aromatic rings. The van der Waals surface area contributed by atoms with Crippen LogP contribution in [0.5, 0.6) is 11.5 Å². The Kier molecular flexibility index (Phi) is 11.6. The summed E-state index contributed by atoms with van der Waals surface area (Å²) in [4.78, 5) is 10.6. The molecular weight excluding hydrogens is 639 g/mol. The van der Waals surface area contributed by atoms with Crippen LogP contribution >= 0.6 is 23.2 Å². The second-order valence-electron chi connectivity index (χ2n) is 11.4. The van der Waals surface area contributed by atoms with Crippen LogP contribution in [0.4, 0.5) is 5.82 Å². The van der Waals surface area contributed by atoms with E-state index in [1.165, 1.54) is 6.20 Å². The number of hydrogen-bond acceptors (Lipinski definition) is 10. The molecule has 1 fully saturated rings. The molecule has 13 heteroatoms. The Hall–Kier alpha value is -3.14. The predicted octanol–water partition coefficient (Wildman–Crippen LogP) is 5.76. The van der Waals surface area contributed by atoms with Crippen LogP contribution in [0, 0.1) is 17.2 Å². The molecule has 0 atom stereocenters. The topological polar surface area (TPSA) is 124 Å². The van der Waals surface area contributed by atoms with E-state index in [1.807, 2.05) is 44.2 Å². The molecule has 0 bridgehead atoms. The third kappa shape index (κ3) is 8.18. The molecule has 0 amide bonds. The Bertz CT molecular complexity index is 1620. The fraction of sp³-hybridized carbons (Fsp3) is 0.469. The summed E-state index contributed by atoms with van der Waals surface area (Å²) in [7, 11) is -0.346. The van der Waals surface area contributed by atoms with Gasteiger partial charge in [-0.05, 0) is 48.2 Å². The van der Waals surface area contributed by atoms with Gasteiger partial charge in [-0.25, -0.2) is 18.4 Å². The van der Waals surface area contributed by atoms with Gasteiger partial charge in [-0.3, -0.25) is 0 Å². The fourth-order valence-corrected chi connectivity index (χ4v) is 6.27. The maximum atomic E-state index is 12.3. The number of sulfone groups is 1. The van der Waals surface area contributed by atoms with Crippen molar-refractivity contribution in [2.75, 3.05) is 51.0 Å². The number of nitrogens with zero attached hydrogens (tertiary/aromatic N) is 4. The van der Waals surface area contributed by atoms with Crippen molar-refractivity contribution >= 4 is 38.9 Å². The summed E-state index contributed by atoms with van der Waals surface area (Å²) >= 11 is 12.3. The van der Waals surface area contributed by atoms with Gasteiger partial charge in [0.15, 0.2) is 12.0 Å². The number of anilines is 1. The van der Waals surface area contributed by atoms with E-state index in [9.17, 15) is 13.7 Å². The van der Waals surface area contributed by atoms with Crippen LogP contribution in [0.15, 0.2) is 47.8 Å². The van der Waals surface area contributed by atoms with E-state index < -0.39 is 15.3 Å². The van der Waals surface area contributed by atoms with Gasteiger partial charge in [0.2, 0.25) is 15.0 Å². The Morgan fingerprint density at radius 1 is 1.09 bits per heavy atom. The van der Waals surface area contributed by atoms with Gasteiger partial charge in [-0.15, -0.1) is 11.6 Å². The third-order valence-electron chi connectivity index (χ3n) is 8.02. The molecule has 0 spiro atoms. The van der Waals surface area contributed by atoms with Crippen LogP contribution in [0.25, 0.3) is 0 Å². The second kappa shape index (κ2) is 15.0. The first-order valence-electron chi connectivity index (χ1n) is 14.5. The van der Waals surface area contributed by atoms with Crippen molar-refractivity contribution in [3.05, 3.63) is 69.9 Å². The number of hydrogen-bond donors (Lipinski definition) is 0. The van der Waals surface area contributed by atoms with E-state index in [-0.39, 0.29) is 36.5 Å². The van der Waals surface area contributed by atoms with Crippen LogP contribution in [-0.2, 0) is 31.3 Å². The minimum Gasteiger partial charge on any atom is -0.489 e. The summed E-state index contributed by atoms with van der Waals surface area (Å²) in [6.45, 7) is 5.80. The van der Waals surface area contributed by atoms with Gasteiger partial charge in [0.1, 0.15) is 30.9 Å². The highest BCUT2D eigenvalue weighted by Crippen LogP contribution is 2.39. The van der Waals surface area contributed by atoms with E-state index in [1.54, 1.807) is 20.3 Å². The number of piperidine rings is 1. The van der Waals surface area contributed by atoms with Crippen LogP contribution in [-0.4, -0.2) is 70.7 Å². The number of aromatic nitrogens is 2. The van der Waals surface area contributed by atoms with Gasteiger partial charge in [0, 0.05) is 51.1 Å². The summed E-state index contributed by atoms with van der Waals surface area (Å²) in [5.41, 5.74) is 2.37. The predicted molar refractivity (Wildman–Crippen MR) is 173 cm³/mol. The minimum atomic E-state index is -3.60. The molecule has 10 nitrogen and oxygen atoms in total. The lowest BCUT2D eigenvalue weighted by Crippen LogP contribution is -2.40. The van der Waals surface area contributed by atoms with Gasteiger partial charge in [-0.1, -0.05) is 37.6 Å². The lowest BCUT2D eigenvalue weighted by molar-refractivity contribution is -0.141. The zero-order chi connectivity index (χ0) is 32.8. The highest BCUT2D eigenvalue weighted by molar-refractivity contribution is 7.90. The van der Waals surface area contributed by atoms with E-state index in [2.05, 4.69) is 20.9 Å². The van der Waals surface area contributed by atoms with Crippen molar-refractivity contribution in [2.24, 2.45) is 5.92 Å². The quantitative estimate of drug-likeness (QED) is 0.125. The Morgan fingerprint density at radius 3 is 2.33 bits per heavy atom. The molecule has 4 rings (SSSR count). The van der Waals surface area contributed by atoms with Gasteiger partial charge in [-0.2, -0.15) is 5.26 Å². The summed E-state index contributed by atoms with van der Waals surface area (Å²) in [5.74, 6) is 1.99. The van der Waals surface area contributed by atoms with E-state index in [0.717, 1.165) is 30.2 Å². The molecule has 1 aliphatic heterocycles. The standard InChI is InChI=1S/C32H38Cl2N4O6S/c1-32(2,25-16-22(18-35)28(27(34)17-25)43-15-12-33)24-6-8-26(9-7-24)44-20-23-19-36-31(45(5,39)40)37-29(23)38-13-10-21(11-14-38)30(41-3)42-4/h6-9,16-17,19,21,30H,10-15,20H2,1-5H3. The smallest absolute Gasteiger partial charge is 0.248 e. The molecule has 45 heavy (non-hydrogen) atoms. The first-order valence-corrected chi connectivity index (χ1v) is 17.3. The van der Waals surface area contributed by atoms with Crippen LogP contribution in [0.2, 0.25) is 5.02 Å². The van der Waals surface area contributed by atoms with Crippen molar-refractivity contribution in [1.29, 1.82) is 5.26 Å². The van der Waals surface area contributed by atoms with E-state index in [0.29, 0.717) is 46.6 Å². The highest BCUT2D eigenvalue weighted by Gasteiger charge is 2.30. The number of alkyl halides is 1. The van der Waals surface area contributed by atoms with Crippen molar-refractivity contribution in [3.63, 3.8) is 0 Å². The first kappa shape index (κ1) is 34.7. The molecule has 1 aliphatic rings. The summed E-state index contributed by atoms with van der Waals surface area (Å²) in [5, 5.41) is 9.84. The summed E-state index contributed by atoms with van der Waals surface area (Å²) in [6.07, 6.45) is 3.92. The minimum absolute atomic E-state index is 0.145. The van der Waals surface area contributed by atoms with Crippen molar-refractivity contribution in [3.8, 4) is 17.6 Å². The molecule has 0 radical (unpaired) electrons. The van der Waals surface area contributed by atoms with Crippen LogP contribution < -0.4 is 14.4 Å². The third-order valence-corrected chi connectivity index (χ3v) is 9.31. The largest absolute Gasteiger partial charge is 0.489 e. The van der Waals surface area contributed by atoms with Gasteiger partial charge in [0.25, 0.3) is 0 Å². The molecule has 0 N–H and O–H groups in total. The number of nitriles is 1. The molecule has 0 aliphatic carbocycles. The highest BCUT2D eigenvalue weighted by atomic mass is 35.5. The zero-order valence-electron chi connectivity index (χ0n) is 26.0. The molecule has 1 aromatic heterocycles. The number of methoxy groups -OCH3 is 2. The van der Waals surface area contributed by atoms with E-state index >= 15 is 0 Å². The molecule has 242 valence electrons. The van der Waals surface area contributed by atoms with Crippen molar-refractivity contribution in [1.82, 2.24) is 9.97 Å². The summed E-state index contributed by atoms with van der Waals surface area (Å²) in [6, 6.07) is 13.4. The lowest BCUT2D eigenvalue weighted by Gasteiger charge is -2.36. The lowest BCUT2D eigenvalue weighted by atomic mass is 9.77. The molecule has 0 unspecified atom stereocenters. The Labute approximate surface area is 275 Å². The summed E-state index contributed by atoms with van der Waals surface area (Å²) < 4.78 is 47.2. The maximum absolute atomic E-state index is 12.3. The van der Waals surface area contributed by atoms with Crippen molar-refractivity contribution in [2.45, 2.75) is 50.2 Å². The molecular formula is C32H38Cl2N4O6S. The number of rotatable bonds is 13. The second-order valence-corrected chi connectivity index (χ2v) is 14.1. The SMILES string of the molecule is COC(OC)C1CCN(c2nc(S(C)(=O)=O)ncc2COc2ccc(C(C)(C)c3cc(Cl)c(OCCCl)c(C#N)c3)cc2)CC1. The van der Waals surface area contributed by atoms with E-state index in [4.69, 9.17) is 42.1 Å². The van der Waals surface area contributed by atoms with Crippen LogP contribution in [0.1, 0.15) is 48.9 Å². The zero-order valence-corrected chi connectivity index (χ0v) is 28.4. The monoisotopic (exact) mass is 676 g/mol. The van der Waals surface area contributed by atoms with Gasteiger partial charge >= 0.3 is 0 Å².